The molecule has 2 aromatic carbocycles. The smallest absolute Gasteiger partial charge is 0.407 e. The molecular weight excluding hydrogens is 356 g/mol. The van der Waals surface area contributed by atoms with E-state index in [1.165, 1.54) is 22.3 Å². The number of rotatable bonds is 6. The lowest BCUT2D eigenvalue weighted by Gasteiger charge is -2.29. The largest absolute Gasteiger partial charge is 0.449 e. The number of alkyl carbamates (subject to hydrolysis) is 1. The molecule has 0 unspecified atom stereocenters. The van der Waals surface area contributed by atoms with Gasteiger partial charge < -0.3 is 14.9 Å². The predicted octanol–water partition coefficient (Wildman–Crippen LogP) is 3.33. The number of hydroxylamine groups is 2. The molecule has 0 aromatic heterocycles. The Morgan fingerprint density at radius 2 is 1.64 bits per heavy atom. The zero-order chi connectivity index (χ0) is 19.3. The quantitative estimate of drug-likeness (QED) is 0.779. The number of nitrogens with zero attached hydrogens (tertiary/aromatic N) is 1. The molecule has 1 aliphatic heterocycles. The number of hydrogen-bond acceptors (Lipinski definition) is 5. The minimum atomic E-state index is -0.381. The van der Waals surface area contributed by atoms with Crippen molar-refractivity contribution in [2.75, 3.05) is 26.2 Å². The monoisotopic (exact) mass is 380 g/mol. The van der Waals surface area contributed by atoms with Crippen LogP contribution in [0.25, 0.3) is 11.1 Å². The van der Waals surface area contributed by atoms with Gasteiger partial charge in [-0.2, -0.15) is 0 Å². The summed E-state index contributed by atoms with van der Waals surface area (Å²) in [7, 11) is 0. The number of ether oxygens (including phenoxy) is 1. The first-order chi connectivity index (χ1) is 13.8. The third kappa shape index (κ3) is 3.87. The zero-order valence-electron chi connectivity index (χ0n) is 15.7. The van der Waals surface area contributed by atoms with Crippen LogP contribution in [0, 0.1) is 5.92 Å². The summed E-state index contributed by atoms with van der Waals surface area (Å²) in [4.78, 5) is 27.4. The van der Waals surface area contributed by atoms with Gasteiger partial charge in [0.05, 0.1) is 0 Å². The van der Waals surface area contributed by atoms with Gasteiger partial charge >= 0.3 is 12.6 Å². The first-order valence-corrected chi connectivity index (χ1v) is 9.70. The molecular formula is C22H24N2O4. The highest BCUT2D eigenvalue weighted by molar-refractivity contribution is 5.79. The van der Waals surface area contributed by atoms with Gasteiger partial charge in [0, 0.05) is 25.6 Å². The first-order valence-electron chi connectivity index (χ1n) is 9.70. The van der Waals surface area contributed by atoms with Crippen LogP contribution in [0.3, 0.4) is 0 Å². The molecule has 0 spiro atoms. The molecule has 1 aliphatic carbocycles. The lowest BCUT2D eigenvalue weighted by Crippen LogP contribution is -2.38. The lowest BCUT2D eigenvalue weighted by atomic mass is 9.98. The topological polar surface area (TPSA) is 67.9 Å². The fraction of sp³-hybridized carbons (Fsp3) is 0.364. The highest BCUT2D eigenvalue weighted by Crippen LogP contribution is 2.44. The summed E-state index contributed by atoms with van der Waals surface area (Å²) in [5, 5.41) is 4.53. The summed E-state index contributed by atoms with van der Waals surface area (Å²) >= 11 is 0. The SMILES string of the molecule is O=CON1CCC(CNC(=O)OCC2c3ccccc3-c3ccccc32)CC1. The van der Waals surface area contributed by atoms with Crippen molar-refractivity contribution in [2.24, 2.45) is 5.92 Å². The van der Waals surface area contributed by atoms with E-state index >= 15 is 0 Å². The molecule has 2 aliphatic rings. The maximum absolute atomic E-state index is 12.2. The van der Waals surface area contributed by atoms with Crippen LogP contribution in [0.4, 0.5) is 4.79 Å². The van der Waals surface area contributed by atoms with Crippen molar-refractivity contribution in [3.05, 3.63) is 59.7 Å². The van der Waals surface area contributed by atoms with Crippen molar-refractivity contribution >= 4 is 12.6 Å². The zero-order valence-corrected chi connectivity index (χ0v) is 15.7. The van der Waals surface area contributed by atoms with E-state index in [0.717, 1.165) is 12.8 Å². The van der Waals surface area contributed by atoms with Crippen LogP contribution in [0.5, 0.6) is 0 Å². The number of benzene rings is 2. The van der Waals surface area contributed by atoms with Gasteiger partial charge in [0.2, 0.25) is 0 Å². The molecule has 0 saturated carbocycles. The van der Waals surface area contributed by atoms with Crippen LogP contribution >= 0.6 is 0 Å². The van der Waals surface area contributed by atoms with Crippen LogP contribution in [0.15, 0.2) is 48.5 Å². The Balaban J connectivity index is 1.29. The molecule has 1 amide bonds. The van der Waals surface area contributed by atoms with Gasteiger partial charge in [0.15, 0.2) is 0 Å². The molecule has 4 rings (SSSR count). The summed E-state index contributed by atoms with van der Waals surface area (Å²) in [5.41, 5.74) is 4.85. The molecule has 1 heterocycles. The Hall–Kier alpha value is -2.86. The Morgan fingerprint density at radius 3 is 2.25 bits per heavy atom. The number of amides is 1. The van der Waals surface area contributed by atoms with Crippen molar-refractivity contribution in [1.29, 1.82) is 0 Å². The molecule has 146 valence electrons. The van der Waals surface area contributed by atoms with Crippen molar-refractivity contribution < 1.29 is 19.2 Å². The average Bonchev–Trinajstić information content (AvgIpc) is 3.06. The summed E-state index contributed by atoms with van der Waals surface area (Å²) in [6, 6.07) is 16.6. The second-order valence-corrected chi connectivity index (χ2v) is 7.28. The minimum absolute atomic E-state index is 0.0712. The van der Waals surface area contributed by atoms with Gasteiger partial charge in [-0.3, -0.25) is 4.79 Å². The van der Waals surface area contributed by atoms with Crippen LogP contribution in [0.1, 0.15) is 29.9 Å². The van der Waals surface area contributed by atoms with E-state index in [1.54, 1.807) is 5.06 Å². The third-order valence-electron chi connectivity index (χ3n) is 5.64. The Labute approximate surface area is 164 Å². The summed E-state index contributed by atoms with van der Waals surface area (Å²) in [6.07, 6.45) is 1.36. The van der Waals surface area contributed by atoms with E-state index in [0.29, 0.717) is 38.6 Å². The van der Waals surface area contributed by atoms with Crippen molar-refractivity contribution in [3.63, 3.8) is 0 Å². The maximum atomic E-state index is 12.2. The molecule has 0 radical (unpaired) electrons. The van der Waals surface area contributed by atoms with E-state index in [4.69, 9.17) is 9.57 Å². The van der Waals surface area contributed by atoms with Crippen LogP contribution in [-0.2, 0) is 14.4 Å². The van der Waals surface area contributed by atoms with Gasteiger partial charge in [-0.05, 0) is 41.0 Å². The number of fused-ring (bicyclic) bond motifs is 3. The van der Waals surface area contributed by atoms with Crippen molar-refractivity contribution in [2.45, 2.75) is 18.8 Å². The minimum Gasteiger partial charge on any atom is -0.449 e. The molecule has 1 N–H and O–H groups in total. The van der Waals surface area contributed by atoms with Crippen LogP contribution < -0.4 is 5.32 Å². The van der Waals surface area contributed by atoms with Crippen molar-refractivity contribution in [3.8, 4) is 11.1 Å². The third-order valence-corrected chi connectivity index (χ3v) is 5.64. The number of carbonyl (C=O) groups is 2. The second kappa shape index (κ2) is 8.44. The van der Waals surface area contributed by atoms with Gasteiger partial charge in [-0.25, -0.2) is 4.79 Å². The number of nitrogens with one attached hydrogen (secondary N) is 1. The van der Waals surface area contributed by atoms with Gasteiger partial charge in [-0.1, -0.05) is 48.5 Å². The fourth-order valence-corrected chi connectivity index (χ4v) is 4.16. The van der Waals surface area contributed by atoms with Gasteiger partial charge in [0.1, 0.15) is 6.61 Å². The summed E-state index contributed by atoms with van der Waals surface area (Å²) < 4.78 is 5.56. The molecule has 1 fully saturated rings. The Bertz CT molecular complexity index is 800. The first kappa shape index (κ1) is 18.5. The Kier molecular flexibility index (Phi) is 5.58. The van der Waals surface area contributed by atoms with E-state index in [2.05, 4.69) is 29.6 Å². The summed E-state index contributed by atoms with van der Waals surface area (Å²) in [5.74, 6) is 0.439. The molecule has 0 atom stereocenters. The summed E-state index contributed by atoms with van der Waals surface area (Å²) in [6.45, 7) is 2.73. The highest BCUT2D eigenvalue weighted by atomic mass is 16.7. The molecule has 2 aromatic rings. The normalized spacial score (nSPS) is 16.9. The number of carbonyl (C=O) groups excluding carboxylic acids is 2. The molecule has 0 bridgehead atoms. The molecule has 6 heteroatoms. The van der Waals surface area contributed by atoms with E-state index in [-0.39, 0.29) is 12.0 Å². The maximum Gasteiger partial charge on any atom is 0.407 e. The molecule has 6 nitrogen and oxygen atoms in total. The molecule has 28 heavy (non-hydrogen) atoms. The van der Waals surface area contributed by atoms with E-state index < -0.39 is 0 Å². The second-order valence-electron chi connectivity index (χ2n) is 7.28. The Morgan fingerprint density at radius 1 is 1.04 bits per heavy atom. The van der Waals surface area contributed by atoms with E-state index in [9.17, 15) is 9.59 Å². The lowest BCUT2D eigenvalue weighted by molar-refractivity contribution is -0.179. The van der Waals surface area contributed by atoms with Crippen LogP contribution in [0.2, 0.25) is 0 Å². The fourth-order valence-electron chi connectivity index (χ4n) is 4.16. The highest BCUT2D eigenvalue weighted by Gasteiger charge is 2.29. The standard InChI is InChI=1S/C22H24N2O4/c25-15-28-24-11-9-16(10-12-24)13-23-22(26)27-14-21-19-7-3-1-5-17(19)18-6-2-4-8-20(18)21/h1-8,15-16,21H,9-14H2,(H,23,26). The average molecular weight is 380 g/mol. The van der Waals surface area contributed by atoms with Crippen LogP contribution in [-0.4, -0.2) is 43.9 Å². The van der Waals surface area contributed by atoms with Gasteiger partial charge in [-0.15, -0.1) is 5.06 Å². The molecule has 1 saturated heterocycles. The number of hydrogen-bond donors (Lipinski definition) is 1. The predicted molar refractivity (Wildman–Crippen MR) is 105 cm³/mol. The van der Waals surface area contributed by atoms with Gasteiger partial charge in [0.25, 0.3) is 0 Å². The van der Waals surface area contributed by atoms with E-state index in [1.807, 2.05) is 24.3 Å². The number of piperidine rings is 1. The van der Waals surface area contributed by atoms with Crippen molar-refractivity contribution in [1.82, 2.24) is 10.4 Å².